The third-order valence-electron chi connectivity index (χ3n) is 9.88. The molecule has 2 N–H and O–H groups in total. The zero-order valence-electron chi connectivity index (χ0n) is 27.9. The largest absolute Gasteiger partial charge is 0.488 e. The van der Waals surface area contributed by atoms with Gasteiger partial charge < -0.3 is 24.5 Å². The Morgan fingerprint density at radius 3 is 2.70 bits per heavy atom. The molecule has 0 radical (unpaired) electrons. The van der Waals surface area contributed by atoms with Crippen LogP contribution in [0.1, 0.15) is 95.9 Å². The molecule has 47 heavy (non-hydrogen) atoms. The number of carbonyl (C=O) groups excluding carboxylic acids is 2. The van der Waals surface area contributed by atoms with Crippen molar-refractivity contribution in [2.75, 3.05) is 6.54 Å². The molecule has 2 aromatic heterocycles. The van der Waals surface area contributed by atoms with E-state index in [2.05, 4.69) is 71.3 Å². The molecule has 5 aromatic rings. The van der Waals surface area contributed by atoms with Gasteiger partial charge in [-0.15, -0.1) is 0 Å². The first-order valence-corrected chi connectivity index (χ1v) is 17.2. The van der Waals surface area contributed by atoms with E-state index in [4.69, 9.17) is 9.72 Å². The van der Waals surface area contributed by atoms with Crippen LogP contribution < -0.4 is 4.74 Å². The molecule has 4 heterocycles. The lowest BCUT2D eigenvalue weighted by atomic mass is 9.92. The highest BCUT2D eigenvalue weighted by Gasteiger charge is 2.32. The van der Waals surface area contributed by atoms with E-state index in [-0.39, 0.29) is 23.9 Å². The Hall–Kier alpha value is -4.66. The highest BCUT2D eigenvalue weighted by atomic mass is 16.5. The molecule has 244 valence electrons. The van der Waals surface area contributed by atoms with E-state index in [1.807, 2.05) is 29.8 Å². The van der Waals surface area contributed by atoms with Gasteiger partial charge in [0.1, 0.15) is 24.0 Å². The fourth-order valence-electron chi connectivity index (χ4n) is 7.16. The maximum atomic E-state index is 12.8. The van der Waals surface area contributed by atoms with Crippen molar-refractivity contribution in [2.45, 2.75) is 97.9 Å². The predicted octanol–water partition coefficient (Wildman–Crippen LogP) is 8.06. The fraction of sp³-hybridized carbons (Fsp3) is 0.421. The van der Waals surface area contributed by atoms with Gasteiger partial charge in [0.15, 0.2) is 0 Å². The van der Waals surface area contributed by atoms with E-state index in [0.29, 0.717) is 26.0 Å². The van der Waals surface area contributed by atoms with Gasteiger partial charge in [-0.2, -0.15) is 0 Å². The third-order valence-corrected chi connectivity index (χ3v) is 9.88. The number of nitrogens with one attached hydrogen (secondary N) is 2. The molecule has 9 nitrogen and oxygen atoms in total. The van der Waals surface area contributed by atoms with Gasteiger partial charge in [0.2, 0.25) is 11.8 Å². The van der Waals surface area contributed by atoms with Crippen LogP contribution in [0.25, 0.3) is 44.2 Å². The normalized spacial score (nSPS) is 16.3. The molecule has 0 spiro atoms. The number of carbonyl (C=O) groups is 2. The summed E-state index contributed by atoms with van der Waals surface area (Å²) in [5.74, 6) is 2.89. The van der Waals surface area contributed by atoms with Crippen LogP contribution in [0.5, 0.6) is 5.75 Å². The van der Waals surface area contributed by atoms with Crippen LogP contribution in [-0.2, 0) is 22.7 Å². The van der Waals surface area contributed by atoms with Crippen molar-refractivity contribution in [3.05, 3.63) is 65.9 Å². The van der Waals surface area contributed by atoms with Crippen LogP contribution in [0.3, 0.4) is 0 Å². The summed E-state index contributed by atoms with van der Waals surface area (Å²) in [6, 6.07) is 15.2. The van der Waals surface area contributed by atoms with Crippen LogP contribution in [0, 0.1) is 0 Å². The topological polar surface area (TPSA) is 107 Å². The molecule has 0 unspecified atom stereocenters. The number of imidazole rings is 2. The lowest BCUT2D eigenvalue weighted by Crippen LogP contribution is -2.37. The molecule has 3 aromatic carbocycles. The first-order chi connectivity index (χ1) is 22.9. The SMILES string of the molecule is CCCC(=O)N(Cc1ncc(-c2ccc3c(c2)COc2cc4c(ccc5[nH]c([C@@H]6CCCN6C(=O)CCC)nc54)cc2-3)[nH]1)[C@@H](C)CC. The average molecular weight is 633 g/mol. The zero-order valence-corrected chi connectivity index (χ0v) is 27.9. The molecule has 9 heteroatoms. The second kappa shape index (κ2) is 12.9. The van der Waals surface area contributed by atoms with Crippen LogP contribution in [0.4, 0.5) is 0 Å². The molecule has 1 fully saturated rings. The lowest BCUT2D eigenvalue weighted by molar-refractivity contribution is -0.134. The second-order valence-corrected chi connectivity index (χ2v) is 13.1. The van der Waals surface area contributed by atoms with E-state index < -0.39 is 0 Å². The molecule has 1 saturated heterocycles. The molecular weight excluding hydrogens is 588 g/mol. The summed E-state index contributed by atoms with van der Waals surface area (Å²) in [6.45, 7) is 10.0. The van der Waals surface area contributed by atoms with E-state index in [1.54, 1.807) is 0 Å². The van der Waals surface area contributed by atoms with Gasteiger partial charge in [-0.3, -0.25) is 9.59 Å². The summed E-state index contributed by atoms with van der Waals surface area (Å²) in [5.41, 5.74) is 7.19. The Morgan fingerprint density at radius 1 is 1.04 bits per heavy atom. The van der Waals surface area contributed by atoms with E-state index in [1.165, 1.54) is 0 Å². The third kappa shape index (κ3) is 5.77. The number of hydrogen-bond donors (Lipinski definition) is 2. The lowest BCUT2D eigenvalue weighted by Gasteiger charge is -2.27. The Bertz CT molecular complexity index is 1960. The van der Waals surface area contributed by atoms with Gasteiger partial charge in [-0.1, -0.05) is 39.0 Å². The van der Waals surface area contributed by atoms with Crippen molar-refractivity contribution in [3.8, 4) is 28.1 Å². The maximum Gasteiger partial charge on any atom is 0.223 e. The smallest absolute Gasteiger partial charge is 0.223 e. The van der Waals surface area contributed by atoms with Crippen molar-refractivity contribution in [1.82, 2.24) is 29.7 Å². The van der Waals surface area contributed by atoms with Crippen molar-refractivity contribution < 1.29 is 14.3 Å². The first kappa shape index (κ1) is 31.0. The second-order valence-electron chi connectivity index (χ2n) is 13.1. The van der Waals surface area contributed by atoms with Gasteiger partial charge in [-0.25, -0.2) is 9.97 Å². The number of rotatable bonds is 10. The number of amides is 2. The Morgan fingerprint density at radius 2 is 1.89 bits per heavy atom. The van der Waals surface area contributed by atoms with Crippen molar-refractivity contribution in [2.24, 2.45) is 0 Å². The summed E-state index contributed by atoms with van der Waals surface area (Å²) in [7, 11) is 0. The van der Waals surface area contributed by atoms with E-state index in [9.17, 15) is 9.59 Å². The number of fused-ring (bicyclic) bond motifs is 6. The number of nitrogens with zero attached hydrogens (tertiary/aromatic N) is 4. The summed E-state index contributed by atoms with van der Waals surface area (Å²) >= 11 is 0. The van der Waals surface area contributed by atoms with E-state index in [0.717, 1.165) is 106 Å². The number of H-pyrrole nitrogens is 2. The standard InChI is InChI=1S/C38H44N6O3/c1-5-9-35(45)43-16-8-11-32(43)38-41-30-15-13-24-18-29-27-14-12-25(17-26(27)22-47-33(29)19-28(24)37(30)42-38)31-20-39-34(40-31)21-44(23(4)7-3)36(46)10-6-2/h12-15,17-20,23,32H,5-11,16,21-22H2,1-4H3,(H,39,40)(H,41,42)/t23-,32-/m0/s1. The zero-order chi connectivity index (χ0) is 32.7. The van der Waals surface area contributed by atoms with Gasteiger partial charge in [-0.05, 0) is 85.4 Å². The summed E-state index contributed by atoms with van der Waals surface area (Å²) in [4.78, 5) is 46.2. The number of aromatic amines is 2. The van der Waals surface area contributed by atoms with Gasteiger partial charge in [0.25, 0.3) is 0 Å². The molecule has 2 amide bonds. The first-order valence-electron chi connectivity index (χ1n) is 17.2. The number of hydrogen-bond acceptors (Lipinski definition) is 5. The van der Waals surface area contributed by atoms with Crippen LogP contribution in [-0.4, -0.2) is 54.1 Å². The van der Waals surface area contributed by atoms with Crippen molar-refractivity contribution in [3.63, 3.8) is 0 Å². The molecule has 0 aliphatic carbocycles. The monoisotopic (exact) mass is 632 g/mol. The molecule has 7 rings (SSSR count). The molecule has 0 bridgehead atoms. The van der Waals surface area contributed by atoms with Gasteiger partial charge in [0, 0.05) is 36.4 Å². The van der Waals surface area contributed by atoms with Crippen LogP contribution in [0.15, 0.2) is 48.7 Å². The quantitative estimate of drug-likeness (QED) is 0.162. The fourth-order valence-corrected chi connectivity index (χ4v) is 7.16. The molecule has 0 saturated carbocycles. The Balaban J connectivity index is 1.16. The molecule has 2 aliphatic heterocycles. The van der Waals surface area contributed by atoms with E-state index >= 15 is 0 Å². The van der Waals surface area contributed by atoms with Gasteiger partial charge >= 0.3 is 0 Å². The summed E-state index contributed by atoms with van der Waals surface area (Å²) in [6.07, 6.45) is 7.50. The summed E-state index contributed by atoms with van der Waals surface area (Å²) in [5, 5.41) is 2.14. The van der Waals surface area contributed by atoms with Crippen molar-refractivity contribution in [1.29, 1.82) is 0 Å². The highest BCUT2D eigenvalue weighted by molar-refractivity contribution is 6.07. The Kier molecular flexibility index (Phi) is 8.47. The molecule has 2 atom stereocenters. The Labute approximate surface area is 275 Å². The average Bonchev–Trinajstić information content (AvgIpc) is 3.86. The number of aromatic nitrogens is 4. The molecular formula is C38H44N6O3. The van der Waals surface area contributed by atoms with Gasteiger partial charge in [0.05, 0.1) is 35.5 Å². The number of ether oxygens (including phenoxy) is 1. The number of likely N-dealkylation sites (tertiary alicyclic amines) is 1. The van der Waals surface area contributed by atoms with Crippen LogP contribution in [0.2, 0.25) is 0 Å². The molecule has 2 aliphatic rings. The minimum Gasteiger partial charge on any atom is -0.488 e. The maximum absolute atomic E-state index is 12.8. The van der Waals surface area contributed by atoms with Crippen molar-refractivity contribution >= 4 is 33.6 Å². The minimum atomic E-state index is -0.000195. The highest BCUT2D eigenvalue weighted by Crippen LogP contribution is 2.43. The predicted molar refractivity (Wildman–Crippen MR) is 185 cm³/mol. The van der Waals surface area contributed by atoms with Crippen LogP contribution >= 0.6 is 0 Å². The summed E-state index contributed by atoms with van der Waals surface area (Å²) < 4.78 is 6.36. The minimum absolute atomic E-state index is 0.000195. The number of benzene rings is 3.